The number of aromatic carboxylic acids is 1. The smallest absolute Gasteiger partial charge is 0.337 e. The number of nitrogens with zero attached hydrogens (tertiary/aromatic N) is 1. The Kier molecular flexibility index (Phi) is 3.99. The molecule has 0 aliphatic rings. The second kappa shape index (κ2) is 5.57. The van der Waals surface area contributed by atoms with Crippen molar-refractivity contribution in [2.24, 2.45) is 0 Å². The normalized spacial score (nSPS) is 11.6. The summed E-state index contributed by atoms with van der Waals surface area (Å²) in [5.74, 6) is -1.06. The highest BCUT2D eigenvalue weighted by Gasteiger charge is 2.21. The van der Waals surface area contributed by atoms with Crippen molar-refractivity contribution < 1.29 is 18.3 Å². The molecule has 2 aromatic rings. The van der Waals surface area contributed by atoms with Crippen LogP contribution in [-0.2, 0) is 10.0 Å². The zero-order valence-electron chi connectivity index (χ0n) is 11.5. The number of H-pyrrole nitrogens is 1. The highest BCUT2D eigenvalue weighted by atomic mass is 32.2. The maximum absolute atomic E-state index is 12.1. The molecule has 0 amide bonds. The van der Waals surface area contributed by atoms with E-state index in [1.54, 1.807) is 6.07 Å². The Morgan fingerprint density at radius 3 is 2.62 bits per heavy atom. The Morgan fingerprint density at radius 1 is 1.38 bits per heavy atom. The molecule has 0 fully saturated rings. The van der Waals surface area contributed by atoms with Gasteiger partial charge in [-0.3, -0.25) is 4.72 Å². The molecular formula is C13H15N3O4S. The second-order valence-corrected chi connectivity index (χ2v) is 6.36. The summed E-state index contributed by atoms with van der Waals surface area (Å²) in [5, 5.41) is 8.97. The molecule has 0 saturated carbocycles. The number of aromatic amines is 1. The molecule has 0 spiro atoms. The predicted molar refractivity (Wildman–Crippen MR) is 76.9 cm³/mol. The van der Waals surface area contributed by atoms with Crippen LogP contribution in [0.1, 0.15) is 35.7 Å². The fourth-order valence-corrected chi connectivity index (χ4v) is 2.76. The molecule has 8 heteroatoms. The molecule has 112 valence electrons. The van der Waals surface area contributed by atoms with E-state index in [9.17, 15) is 18.3 Å². The monoisotopic (exact) mass is 309 g/mol. The van der Waals surface area contributed by atoms with Crippen molar-refractivity contribution in [3.63, 3.8) is 0 Å². The van der Waals surface area contributed by atoms with E-state index >= 15 is 0 Å². The fraction of sp³-hybridized carbons (Fsp3) is 0.231. The van der Waals surface area contributed by atoms with Crippen molar-refractivity contribution in [1.82, 2.24) is 9.97 Å². The number of rotatable bonds is 5. The van der Waals surface area contributed by atoms with Gasteiger partial charge < -0.3 is 10.1 Å². The molecule has 3 N–H and O–H groups in total. The molecule has 0 radical (unpaired) electrons. The summed E-state index contributed by atoms with van der Waals surface area (Å²) in [6, 6.07) is 4.60. The van der Waals surface area contributed by atoms with Crippen LogP contribution in [0.25, 0.3) is 0 Å². The van der Waals surface area contributed by atoms with Crippen LogP contribution in [0, 0.1) is 0 Å². The third-order valence-electron chi connectivity index (χ3n) is 2.91. The molecular weight excluding hydrogens is 294 g/mol. The van der Waals surface area contributed by atoms with Crippen LogP contribution in [0.15, 0.2) is 35.7 Å². The Hall–Kier alpha value is -2.35. The number of sulfonamides is 1. The fourth-order valence-electron chi connectivity index (χ4n) is 1.78. The lowest BCUT2D eigenvalue weighted by atomic mass is 10.00. The van der Waals surface area contributed by atoms with Gasteiger partial charge in [-0.15, -0.1) is 0 Å². The molecule has 1 aromatic heterocycles. The largest absolute Gasteiger partial charge is 0.478 e. The van der Waals surface area contributed by atoms with Gasteiger partial charge in [-0.1, -0.05) is 19.9 Å². The van der Waals surface area contributed by atoms with Gasteiger partial charge in [0.05, 0.1) is 11.3 Å². The number of hydrogen-bond acceptors (Lipinski definition) is 4. The zero-order chi connectivity index (χ0) is 15.6. The number of anilines is 1. The van der Waals surface area contributed by atoms with Crippen molar-refractivity contribution in [2.75, 3.05) is 4.72 Å². The van der Waals surface area contributed by atoms with Gasteiger partial charge in [-0.05, 0) is 23.6 Å². The van der Waals surface area contributed by atoms with E-state index in [2.05, 4.69) is 14.7 Å². The zero-order valence-corrected chi connectivity index (χ0v) is 12.3. The summed E-state index contributed by atoms with van der Waals surface area (Å²) < 4.78 is 26.4. The Morgan fingerprint density at radius 2 is 2.10 bits per heavy atom. The predicted octanol–water partition coefficient (Wildman–Crippen LogP) is 2.03. The molecule has 0 unspecified atom stereocenters. The number of aromatic nitrogens is 2. The molecule has 7 nitrogen and oxygen atoms in total. The van der Waals surface area contributed by atoms with E-state index < -0.39 is 16.0 Å². The van der Waals surface area contributed by atoms with Gasteiger partial charge in [0.2, 0.25) is 5.16 Å². The summed E-state index contributed by atoms with van der Waals surface area (Å²) in [7, 11) is -3.94. The molecule has 21 heavy (non-hydrogen) atoms. The van der Waals surface area contributed by atoms with E-state index in [0.29, 0.717) is 0 Å². The van der Waals surface area contributed by atoms with Crippen molar-refractivity contribution in [3.05, 3.63) is 41.7 Å². The summed E-state index contributed by atoms with van der Waals surface area (Å²) in [4.78, 5) is 17.4. The third-order valence-corrected chi connectivity index (χ3v) is 4.13. The van der Waals surface area contributed by atoms with Crippen LogP contribution in [-0.4, -0.2) is 29.5 Å². The third kappa shape index (κ3) is 3.22. The summed E-state index contributed by atoms with van der Waals surface area (Å²) in [6.45, 7) is 3.85. The number of carboxylic acids is 1. The number of carboxylic acid groups (broad SMARTS) is 1. The van der Waals surface area contributed by atoms with Crippen LogP contribution in [0.2, 0.25) is 0 Å². The van der Waals surface area contributed by atoms with Crippen molar-refractivity contribution in [1.29, 1.82) is 0 Å². The number of hydrogen-bond donors (Lipinski definition) is 3. The molecule has 0 saturated heterocycles. The van der Waals surface area contributed by atoms with E-state index in [1.807, 2.05) is 13.8 Å². The molecule has 0 aliphatic carbocycles. The van der Waals surface area contributed by atoms with Crippen molar-refractivity contribution in [2.45, 2.75) is 24.9 Å². The van der Waals surface area contributed by atoms with Crippen LogP contribution >= 0.6 is 0 Å². The summed E-state index contributed by atoms with van der Waals surface area (Å²) in [5.41, 5.74) is 0.716. The van der Waals surface area contributed by atoms with Gasteiger partial charge in [0.15, 0.2) is 0 Å². The lowest BCUT2D eigenvalue weighted by molar-refractivity contribution is 0.0698. The minimum atomic E-state index is -3.94. The van der Waals surface area contributed by atoms with Crippen molar-refractivity contribution in [3.8, 4) is 0 Å². The van der Waals surface area contributed by atoms with E-state index in [1.165, 1.54) is 24.5 Å². The molecule has 0 aliphatic heterocycles. The van der Waals surface area contributed by atoms with Crippen molar-refractivity contribution >= 4 is 21.7 Å². The number of imidazole rings is 1. The standard InChI is InChI=1S/C13H15N3O4S/c1-8(2)9-3-4-11(10(7-9)12(17)18)16-21(19,20)13-14-5-6-15-13/h3-8,16H,1-2H3,(H,14,15)(H,17,18). The SMILES string of the molecule is CC(C)c1ccc(NS(=O)(=O)c2ncc[nH]2)c(C(=O)O)c1. The maximum atomic E-state index is 12.1. The molecule has 1 aromatic carbocycles. The van der Waals surface area contributed by atoms with Gasteiger partial charge >= 0.3 is 5.97 Å². The van der Waals surface area contributed by atoms with E-state index in [0.717, 1.165) is 5.56 Å². The number of nitrogens with one attached hydrogen (secondary N) is 2. The molecule has 1 heterocycles. The first-order chi connectivity index (χ1) is 9.81. The Bertz CT molecular complexity index is 752. The van der Waals surface area contributed by atoms with E-state index in [4.69, 9.17) is 0 Å². The second-order valence-electron chi connectivity index (χ2n) is 4.76. The average molecular weight is 309 g/mol. The van der Waals surface area contributed by atoms with Crippen LogP contribution in [0.3, 0.4) is 0 Å². The van der Waals surface area contributed by atoms with Gasteiger partial charge in [0.1, 0.15) is 0 Å². The van der Waals surface area contributed by atoms with Crippen LogP contribution < -0.4 is 4.72 Å². The van der Waals surface area contributed by atoms with Crippen LogP contribution in [0.5, 0.6) is 0 Å². The minimum absolute atomic E-state index is 0.00306. The van der Waals surface area contributed by atoms with Crippen LogP contribution in [0.4, 0.5) is 5.69 Å². The number of benzene rings is 1. The first-order valence-corrected chi connectivity index (χ1v) is 7.69. The molecule has 0 atom stereocenters. The maximum Gasteiger partial charge on any atom is 0.337 e. The van der Waals surface area contributed by atoms with Gasteiger partial charge in [-0.2, -0.15) is 8.42 Å². The lowest BCUT2D eigenvalue weighted by Crippen LogP contribution is -2.17. The first-order valence-electron chi connectivity index (χ1n) is 6.20. The Labute approximate surface area is 122 Å². The topological polar surface area (TPSA) is 112 Å². The van der Waals surface area contributed by atoms with Gasteiger partial charge in [-0.25, -0.2) is 9.78 Å². The Balaban J connectivity index is 2.43. The molecule has 0 bridgehead atoms. The van der Waals surface area contributed by atoms with E-state index in [-0.39, 0.29) is 22.3 Å². The minimum Gasteiger partial charge on any atom is -0.478 e. The molecule has 2 rings (SSSR count). The highest BCUT2D eigenvalue weighted by molar-refractivity contribution is 7.92. The lowest BCUT2D eigenvalue weighted by Gasteiger charge is -2.12. The quantitative estimate of drug-likeness (QED) is 0.782. The van der Waals surface area contributed by atoms with Gasteiger partial charge in [0, 0.05) is 12.4 Å². The average Bonchev–Trinajstić information content (AvgIpc) is 2.92. The summed E-state index contributed by atoms with van der Waals surface area (Å²) >= 11 is 0. The van der Waals surface area contributed by atoms with Gasteiger partial charge in [0.25, 0.3) is 10.0 Å². The number of carbonyl (C=O) groups is 1. The summed E-state index contributed by atoms with van der Waals surface area (Å²) in [6.07, 6.45) is 2.67. The first kappa shape index (κ1) is 15.0. The highest BCUT2D eigenvalue weighted by Crippen LogP contribution is 2.24.